The third-order valence-electron chi connectivity index (χ3n) is 4.21. The van der Waals surface area contributed by atoms with Crippen LogP contribution in [0.3, 0.4) is 0 Å². The predicted octanol–water partition coefficient (Wildman–Crippen LogP) is 0.528. The monoisotopic (exact) mass is 315 g/mol. The van der Waals surface area contributed by atoms with Gasteiger partial charge in [0.05, 0.1) is 13.1 Å². The molecule has 1 atom stereocenters. The van der Waals surface area contributed by atoms with E-state index < -0.39 is 5.60 Å². The number of anilines is 1. The first-order valence-electron chi connectivity index (χ1n) is 7.60. The summed E-state index contributed by atoms with van der Waals surface area (Å²) < 4.78 is 1.78. The molecule has 3 heterocycles. The Morgan fingerprint density at radius 2 is 2.13 bits per heavy atom. The van der Waals surface area contributed by atoms with Gasteiger partial charge in [-0.1, -0.05) is 0 Å². The van der Waals surface area contributed by atoms with Crippen LogP contribution in [0, 0.1) is 0 Å². The van der Waals surface area contributed by atoms with Gasteiger partial charge in [-0.15, -0.1) is 0 Å². The van der Waals surface area contributed by atoms with Crippen molar-refractivity contribution >= 4 is 11.9 Å². The Kier molecular flexibility index (Phi) is 4.04. The molecule has 7 heteroatoms. The fourth-order valence-electron chi connectivity index (χ4n) is 3.00. The summed E-state index contributed by atoms with van der Waals surface area (Å²) in [7, 11) is 3.55. The number of amides is 1. The number of likely N-dealkylation sites (N-methyl/N-ethyl adjacent to an activating group) is 1. The van der Waals surface area contributed by atoms with Crippen molar-refractivity contribution in [1.29, 1.82) is 0 Å². The molecule has 1 aliphatic rings. The van der Waals surface area contributed by atoms with Crippen LogP contribution in [0.4, 0.5) is 5.95 Å². The van der Waals surface area contributed by atoms with E-state index in [-0.39, 0.29) is 12.5 Å². The summed E-state index contributed by atoms with van der Waals surface area (Å²) in [5.74, 6) is 0.514. The smallest absolute Gasteiger partial charge is 0.270 e. The average molecular weight is 315 g/mol. The van der Waals surface area contributed by atoms with Crippen LogP contribution in [-0.2, 0) is 7.05 Å². The zero-order valence-corrected chi connectivity index (χ0v) is 13.4. The summed E-state index contributed by atoms with van der Waals surface area (Å²) in [4.78, 5) is 24.4. The highest BCUT2D eigenvalue weighted by molar-refractivity contribution is 5.92. The van der Waals surface area contributed by atoms with Crippen LogP contribution in [0.5, 0.6) is 0 Å². The number of aliphatic hydroxyl groups is 1. The molecular formula is C16H21N5O2. The summed E-state index contributed by atoms with van der Waals surface area (Å²) in [6, 6.07) is 5.37. The van der Waals surface area contributed by atoms with Crippen LogP contribution in [0.25, 0.3) is 0 Å². The quantitative estimate of drug-likeness (QED) is 0.891. The number of rotatable bonds is 4. The van der Waals surface area contributed by atoms with Gasteiger partial charge in [-0.25, -0.2) is 9.97 Å². The van der Waals surface area contributed by atoms with Gasteiger partial charge in [0.1, 0.15) is 11.3 Å². The molecule has 122 valence electrons. The molecule has 0 radical (unpaired) electrons. The van der Waals surface area contributed by atoms with E-state index in [2.05, 4.69) is 9.97 Å². The number of hydrogen-bond donors (Lipinski definition) is 1. The Morgan fingerprint density at radius 1 is 1.39 bits per heavy atom. The van der Waals surface area contributed by atoms with Gasteiger partial charge >= 0.3 is 0 Å². The predicted molar refractivity (Wildman–Crippen MR) is 86.2 cm³/mol. The lowest BCUT2D eigenvalue weighted by molar-refractivity contribution is 0.0260. The molecule has 1 fully saturated rings. The maximum atomic E-state index is 12.5. The first kappa shape index (κ1) is 15.5. The standard InChI is InChI=1S/C16H21N5O2/c1-19-9-3-5-13(19)14(22)20(2)11-16(23)6-10-21(12-16)15-17-7-4-8-18-15/h3-5,7-9,23H,6,10-12H2,1-2H3/t16-/m0/s1. The van der Waals surface area contributed by atoms with Crippen LogP contribution in [0.1, 0.15) is 16.9 Å². The molecule has 0 bridgehead atoms. The summed E-state index contributed by atoms with van der Waals surface area (Å²) in [6.45, 7) is 1.37. The lowest BCUT2D eigenvalue weighted by Gasteiger charge is -2.29. The average Bonchev–Trinajstić information content (AvgIpc) is 3.13. The first-order chi connectivity index (χ1) is 11.0. The normalized spacial score (nSPS) is 20.7. The van der Waals surface area contributed by atoms with Gasteiger partial charge in [0.25, 0.3) is 5.91 Å². The van der Waals surface area contributed by atoms with Crippen LogP contribution in [0.15, 0.2) is 36.8 Å². The lowest BCUT2D eigenvalue weighted by Crippen LogP contribution is -2.46. The molecule has 0 saturated carbocycles. The molecule has 3 rings (SSSR count). The number of β-amino-alcohol motifs (C(OH)–C–C–N with tert-alkyl or cyclic N) is 1. The largest absolute Gasteiger partial charge is 0.386 e. The minimum Gasteiger partial charge on any atom is -0.386 e. The van der Waals surface area contributed by atoms with Crippen molar-refractivity contribution in [1.82, 2.24) is 19.4 Å². The number of carbonyl (C=O) groups is 1. The molecule has 1 saturated heterocycles. The SMILES string of the molecule is CN(C[C@@]1(O)CCN(c2ncccn2)C1)C(=O)c1cccn1C. The van der Waals surface area contributed by atoms with E-state index in [1.165, 1.54) is 0 Å². The third-order valence-corrected chi connectivity index (χ3v) is 4.21. The minimum absolute atomic E-state index is 0.0969. The Morgan fingerprint density at radius 3 is 2.78 bits per heavy atom. The van der Waals surface area contributed by atoms with Gasteiger partial charge in [0, 0.05) is 39.2 Å². The molecule has 0 unspecified atom stereocenters. The fourth-order valence-corrected chi connectivity index (χ4v) is 3.00. The maximum absolute atomic E-state index is 12.5. The third kappa shape index (κ3) is 3.19. The minimum atomic E-state index is -0.950. The summed E-state index contributed by atoms with van der Waals surface area (Å²) in [5, 5.41) is 10.8. The number of aryl methyl sites for hydroxylation is 1. The van der Waals surface area contributed by atoms with Gasteiger partial charge in [-0.05, 0) is 24.6 Å². The van der Waals surface area contributed by atoms with Crippen LogP contribution < -0.4 is 4.90 Å². The topological polar surface area (TPSA) is 74.5 Å². The van der Waals surface area contributed by atoms with E-state index in [0.717, 1.165) is 0 Å². The fraction of sp³-hybridized carbons (Fsp3) is 0.438. The number of hydrogen-bond acceptors (Lipinski definition) is 5. The summed E-state index contributed by atoms with van der Waals surface area (Å²) in [6.07, 6.45) is 5.78. The molecule has 2 aromatic heterocycles. The number of nitrogens with zero attached hydrogens (tertiary/aromatic N) is 5. The van der Waals surface area contributed by atoms with Crippen molar-refractivity contribution in [3.63, 3.8) is 0 Å². The molecular weight excluding hydrogens is 294 g/mol. The first-order valence-corrected chi connectivity index (χ1v) is 7.60. The van der Waals surface area contributed by atoms with Crippen molar-refractivity contribution in [3.8, 4) is 0 Å². The highest BCUT2D eigenvalue weighted by atomic mass is 16.3. The maximum Gasteiger partial charge on any atom is 0.270 e. The molecule has 1 amide bonds. The second-order valence-corrected chi connectivity index (χ2v) is 6.11. The Labute approximate surface area is 135 Å². The van der Waals surface area contributed by atoms with Gasteiger partial charge in [0.2, 0.25) is 5.95 Å². The Balaban J connectivity index is 1.66. The van der Waals surface area contributed by atoms with Gasteiger partial charge in [-0.3, -0.25) is 4.79 Å². The van der Waals surface area contributed by atoms with Crippen molar-refractivity contribution in [2.45, 2.75) is 12.0 Å². The van der Waals surface area contributed by atoms with Gasteiger partial charge in [-0.2, -0.15) is 0 Å². The molecule has 0 spiro atoms. The molecule has 23 heavy (non-hydrogen) atoms. The second-order valence-electron chi connectivity index (χ2n) is 6.11. The number of carbonyl (C=O) groups excluding carboxylic acids is 1. The molecule has 1 N–H and O–H groups in total. The van der Waals surface area contributed by atoms with E-state index in [0.29, 0.717) is 31.2 Å². The Hall–Kier alpha value is -2.41. The second kappa shape index (κ2) is 6.00. The van der Waals surface area contributed by atoms with Crippen LogP contribution in [0.2, 0.25) is 0 Å². The van der Waals surface area contributed by atoms with E-state index in [1.54, 1.807) is 41.0 Å². The van der Waals surface area contributed by atoms with Crippen molar-refractivity contribution < 1.29 is 9.90 Å². The Bertz CT molecular complexity index is 687. The highest BCUT2D eigenvalue weighted by Crippen LogP contribution is 2.25. The van der Waals surface area contributed by atoms with E-state index in [4.69, 9.17) is 0 Å². The summed E-state index contributed by atoms with van der Waals surface area (Å²) in [5.41, 5.74) is -0.341. The van der Waals surface area contributed by atoms with Gasteiger partial charge in [0.15, 0.2) is 0 Å². The van der Waals surface area contributed by atoms with Crippen molar-refractivity contribution in [2.24, 2.45) is 7.05 Å². The lowest BCUT2D eigenvalue weighted by atomic mass is 10.0. The number of aromatic nitrogens is 3. The van der Waals surface area contributed by atoms with Crippen molar-refractivity contribution in [2.75, 3.05) is 31.6 Å². The van der Waals surface area contributed by atoms with Crippen LogP contribution >= 0.6 is 0 Å². The molecule has 0 aromatic carbocycles. The van der Waals surface area contributed by atoms with E-state index in [1.807, 2.05) is 24.2 Å². The molecule has 2 aromatic rings. The zero-order chi connectivity index (χ0) is 16.4. The van der Waals surface area contributed by atoms with Gasteiger partial charge < -0.3 is 19.5 Å². The van der Waals surface area contributed by atoms with E-state index in [9.17, 15) is 9.90 Å². The molecule has 7 nitrogen and oxygen atoms in total. The highest BCUT2D eigenvalue weighted by Gasteiger charge is 2.39. The summed E-state index contributed by atoms with van der Waals surface area (Å²) >= 11 is 0. The van der Waals surface area contributed by atoms with Crippen molar-refractivity contribution in [3.05, 3.63) is 42.5 Å². The van der Waals surface area contributed by atoms with E-state index >= 15 is 0 Å². The van der Waals surface area contributed by atoms with Crippen LogP contribution in [-0.4, -0.2) is 62.7 Å². The molecule has 0 aliphatic carbocycles. The molecule has 1 aliphatic heterocycles. The zero-order valence-electron chi connectivity index (χ0n) is 13.4.